The van der Waals surface area contributed by atoms with Crippen LogP contribution in [0.3, 0.4) is 0 Å². The van der Waals surface area contributed by atoms with E-state index in [0.29, 0.717) is 11.8 Å². The number of anilines is 1. The maximum Gasteiger partial charge on any atom is 0.228 e. The quantitative estimate of drug-likeness (QED) is 0.738. The highest BCUT2D eigenvalue weighted by atomic mass is 32.2. The van der Waals surface area contributed by atoms with Crippen LogP contribution in [0.25, 0.3) is 0 Å². The molecule has 0 amide bonds. The molecule has 0 spiro atoms. The van der Waals surface area contributed by atoms with Crippen molar-refractivity contribution in [3.05, 3.63) is 0 Å². The summed E-state index contributed by atoms with van der Waals surface area (Å²) in [6.45, 7) is 2.11. The molecule has 2 aliphatic rings. The molecule has 20 heavy (non-hydrogen) atoms. The minimum atomic E-state index is -2.91. The highest BCUT2D eigenvalue weighted by molar-refractivity contribution is 8.00. The first-order valence-corrected chi connectivity index (χ1v) is 10.1. The summed E-state index contributed by atoms with van der Waals surface area (Å²) in [6.07, 6.45) is 6.06. The van der Waals surface area contributed by atoms with Gasteiger partial charge in [-0.3, -0.25) is 4.57 Å². The Morgan fingerprint density at radius 1 is 1.25 bits per heavy atom. The molecule has 3 rings (SSSR count). The molecule has 0 N–H and O–H groups in total. The third kappa shape index (κ3) is 3.28. The Kier molecular flexibility index (Phi) is 3.94. The van der Waals surface area contributed by atoms with Gasteiger partial charge in [-0.25, -0.2) is 8.42 Å². The van der Waals surface area contributed by atoms with Crippen LogP contribution in [0.15, 0.2) is 5.16 Å². The molecule has 1 aromatic heterocycles. The predicted octanol–water partition coefficient (Wildman–Crippen LogP) is 1.35. The van der Waals surface area contributed by atoms with Crippen LogP contribution < -0.4 is 4.90 Å². The second kappa shape index (κ2) is 5.55. The second-order valence-corrected chi connectivity index (χ2v) is 8.88. The number of aromatic nitrogens is 3. The molecule has 1 saturated carbocycles. The van der Waals surface area contributed by atoms with Gasteiger partial charge in [0.25, 0.3) is 0 Å². The molecule has 6 nitrogen and oxygen atoms in total. The standard InChI is InChI=1S/C12H20N4O2S2/c1-20(17,18)9-8-19-12-14-13-11(15-6-2-3-7-15)16(12)10-4-5-10/h10H,2-9H2,1H3. The summed E-state index contributed by atoms with van der Waals surface area (Å²) in [4.78, 5) is 2.30. The van der Waals surface area contributed by atoms with E-state index in [-0.39, 0.29) is 5.75 Å². The van der Waals surface area contributed by atoms with Gasteiger partial charge in [-0.2, -0.15) is 0 Å². The number of sulfone groups is 1. The summed E-state index contributed by atoms with van der Waals surface area (Å²) in [5.74, 6) is 1.71. The lowest BCUT2D eigenvalue weighted by Crippen LogP contribution is -2.22. The first kappa shape index (κ1) is 14.2. The van der Waals surface area contributed by atoms with Crippen molar-refractivity contribution in [1.82, 2.24) is 14.8 Å². The third-order valence-corrected chi connectivity index (χ3v) is 5.78. The first-order valence-electron chi connectivity index (χ1n) is 7.05. The van der Waals surface area contributed by atoms with Crippen LogP contribution in [0, 0.1) is 0 Å². The Bertz CT molecular complexity index is 574. The molecule has 0 atom stereocenters. The summed E-state index contributed by atoms with van der Waals surface area (Å²) in [6, 6.07) is 0.515. The molecule has 1 aromatic rings. The number of rotatable bonds is 6. The summed E-state index contributed by atoms with van der Waals surface area (Å²) in [5.41, 5.74) is 0. The van der Waals surface area contributed by atoms with Gasteiger partial charge in [0.15, 0.2) is 5.16 Å². The Labute approximate surface area is 123 Å². The SMILES string of the molecule is CS(=O)(=O)CCSc1nnc(N2CCCC2)n1C1CC1. The zero-order valence-corrected chi connectivity index (χ0v) is 13.3. The van der Waals surface area contributed by atoms with Gasteiger partial charge in [-0.05, 0) is 25.7 Å². The largest absolute Gasteiger partial charge is 0.341 e. The van der Waals surface area contributed by atoms with Crippen LogP contribution in [-0.2, 0) is 9.84 Å². The molecule has 2 fully saturated rings. The average molecular weight is 316 g/mol. The van der Waals surface area contributed by atoms with Gasteiger partial charge in [0.1, 0.15) is 9.84 Å². The fourth-order valence-electron chi connectivity index (χ4n) is 2.44. The molecular formula is C12H20N4O2S2. The Balaban J connectivity index is 1.73. The smallest absolute Gasteiger partial charge is 0.228 e. The van der Waals surface area contributed by atoms with Gasteiger partial charge in [-0.1, -0.05) is 11.8 Å². The summed E-state index contributed by atoms with van der Waals surface area (Å²) < 4.78 is 24.6. The maximum absolute atomic E-state index is 11.2. The molecule has 0 bridgehead atoms. The predicted molar refractivity (Wildman–Crippen MR) is 80.2 cm³/mol. The molecule has 1 aliphatic carbocycles. The van der Waals surface area contributed by atoms with Crippen LogP contribution in [0.5, 0.6) is 0 Å². The van der Waals surface area contributed by atoms with Crippen molar-refractivity contribution in [2.24, 2.45) is 0 Å². The van der Waals surface area contributed by atoms with Crippen LogP contribution in [0.4, 0.5) is 5.95 Å². The molecule has 0 radical (unpaired) electrons. The Morgan fingerprint density at radius 2 is 1.95 bits per heavy atom. The maximum atomic E-state index is 11.2. The van der Waals surface area contributed by atoms with E-state index in [9.17, 15) is 8.42 Å². The fourth-order valence-corrected chi connectivity index (χ4v) is 4.63. The topological polar surface area (TPSA) is 68.1 Å². The van der Waals surface area contributed by atoms with Crippen molar-refractivity contribution >= 4 is 27.5 Å². The molecule has 8 heteroatoms. The molecular weight excluding hydrogens is 296 g/mol. The minimum absolute atomic E-state index is 0.189. The average Bonchev–Trinajstić information content (AvgIpc) is 2.90. The second-order valence-electron chi connectivity index (χ2n) is 5.56. The summed E-state index contributed by atoms with van der Waals surface area (Å²) >= 11 is 1.51. The van der Waals surface area contributed by atoms with Gasteiger partial charge < -0.3 is 4.90 Å². The van der Waals surface area contributed by atoms with E-state index in [2.05, 4.69) is 19.7 Å². The van der Waals surface area contributed by atoms with Gasteiger partial charge in [0, 0.05) is 31.1 Å². The monoisotopic (exact) mass is 316 g/mol. The fraction of sp³-hybridized carbons (Fsp3) is 0.833. The van der Waals surface area contributed by atoms with Crippen molar-refractivity contribution in [3.8, 4) is 0 Å². The van der Waals surface area contributed by atoms with E-state index >= 15 is 0 Å². The minimum Gasteiger partial charge on any atom is -0.341 e. The van der Waals surface area contributed by atoms with Crippen LogP contribution in [0.2, 0.25) is 0 Å². The molecule has 1 saturated heterocycles. The molecule has 1 aliphatic heterocycles. The number of hydrogen-bond donors (Lipinski definition) is 0. The molecule has 0 unspecified atom stereocenters. The van der Waals surface area contributed by atoms with Crippen molar-refractivity contribution in [2.75, 3.05) is 35.8 Å². The van der Waals surface area contributed by atoms with Gasteiger partial charge in [0.2, 0.25) is 5.95 Å². The Morgan fingerprint density at radius 3 is 2.55 bits per heavy atom. The van der Waals surface area contributed by atoms with Crippen molar-refractivity contribution in [1.29, 1.82) is 0 Å². The van der Waals surface area contributed by atoms with E-state index in [4.69, 9.17) is 0 Å². The van der Waals surface area contributed by atoms with Gasteiger partial charge >= 0.3 is 0 Å². The first-order chi connectivity index (χ1) is 9.54. The summed E-state index contributed by atoms with van der Waals surface area (Å²) in [5, 5.41) is 9.50. The van der Waals surface area contributed by atoms with Crippen molar-refractivity contribution < 1.29 is 8.42 Å². The lowest BCUT2D eigenvalue weighted by Gasteiger charge is -2.17. The molecule has 112 valence electrons. The summed E-state index contributed by atoms with van der Waals surface area (Å²) in [7, 11) is -2.91. The van der Waals surface area contributed by atoms with Gasteiger partial charge in [-0.15, -0.1) is 10.2 Å². The van der Waals surface area contributed by atoms with E-state index in [1.807, 2.05) is 0 Å². The van der Waals surface area contributed by atoms with Crippen molar-refractivity contribution in [3.63, 3.8) is 0 Å². The van der Waals surface area contributed by atoms with E-state index < -0.39 is 9.84 Å². The Hall–Kier alpha value is -0.760. The number of thioether (sulfide) groups is 1. The lowest BCUT2D eigenvalue weighted by atomic mass is 10.4. The van der Waals surface area contributed by atoms with Crippen LogP contribution in [-0.4, -0.2) is 54.0 Å². The van der Waals surface area contributed by atoms with E-state index in [1.54, 1.807) is 0 Å². The van der Waals surface area contributed by atoms with Crippen LogP contribution in [0.1, 0.15) is 31.7 Å². The number of hydrogen-bond acceptors (Lipinski definition) is 6. The highest BCUT2D eigenvalue weighted by Gasteiger charge is 2.32. The van der Waals surface area contributed by atoms with Crippen LogP contribution >= 0.6 is 11.8 Å². The van der Waals surface area contributed by atoms with Gasteiger partial charge in [0.05, 0.1) is 5.75 Å². The normalized spacial score (nSPS) is 19.8. The zero-order valence-electron chi connectivity index (χ0n) is 11.7. The molecule has 2 heterocycles. The van der Waals surface area contributed by atoms with Crippen molar-refractivity contribution in [2.45, 2.75) is 36.9 Å². The highest BCUT2D eigenvalue weighted by Crippen LogP contribution is 2.41. The third-order valence-electron chi connectivity index (χ3n) is 3.63. The zero-order chi connectivity index (χ0) is 14.2. The molecule has 0 aromatic carbocycles. The number of nitrogens with zero attached hydrogens (tertiary/aromatic N) is 4. The van der Waals surface area contributed by atoms with E-state index in [0.717, 1.165) is 24.2 Å². The van der Waals surface area contributed by atoms with E-state index in [1.165, 1.54) is 43.7 Å². The lowest BCUT2D eigenvalue weighted by molar-refractivity contribution is 0.603.